The molecule has 0 aliphatic rings. The maximum atomic E-state index is 11.9. The third-order valence-electron chi connectivity index (χ3n) is 2.68. The molecular formula is C14H22ClN3O2. The molecule has 6 heteroatoms. The minimum Gasteiger partial charge on any atom is -0.325 e. The number of rotatable bonds is 5. The second kappa shape index (κ2) is 8.55. The number of benzene rings is 1. The van der Waals surface area contributed by atoms with E-state index in [2.05, 4.69) is 10.6 Å². The van der Waals surface area contributed by atoms with Gasteiger partial charge in [-0.2, -0.15) is 0 Å². The Hall–Kier alpha value is -1.59. The fraction of sp³-hybridized carbons (Fsp3) is 0.429. The molecule has 1 unspecified atom stereocenters. The van der Waals surface area contributed by atoms with Crippen molar-refractivity contribution >= 4 is 35.6 Å². The molecule has 1 rings (SSSR count). The summed E-state index contributed by atoms with van der Waals surface area (Å²) in [6, 6.07) is 4.91. The summed E-state index contributed by atoms with van der Waals surface area (Å²) >= 11 is 0. The second-order valence-corrected chi connectivity index (χ2v) is 4.61. The minimum absolute atomic E-state index is 0. The summed E-state index contributed by atoms with van der Waals surface area (Å²) in [6.07, 6.45) is 1.48. The summed E-state index contributed by atoms with van der Waals surface area (Å²) in [6.45, 7) is 5.32. The van der Waals surface area contributed by atoms with Crippen LogP contribution in [0.2, 0.25) is 0 Å². The van der Waals surface area contributed by atoms with Gasteiger partial charge in [-0.3, -0.25) is 9.59 Å². The molecule has 2 amide bonds. The predicted molar refractivity (Wildman–Crippen MR) is 84.2 cm³/mol. The Bertz CT molecular complexity index is 477. The van der Waals surface area contributed by atoms with Crippen LogP contribution in [0, 0.1) is 6.92 Å². The molecule has 0 aliphatic carbocycles. The number of hydrogen-bond donors (Lipinski definition) is 3. The van der Waals surface area contributed by atoms with E-state index >= 15 is 0 Å². The third kappa shape index (κ3) is 5.59. The number of carbonyl (C=O) groups excluding carboxylic acids is 2. The summed E-state index contributed by atoms with van der Waals surface area (Å²) in [5.74, 6) is -0.420. The van der Waals surface area contributed by atoms with E-state index in [-0.39, 0.29) is 24.2 Å². The van der Waals surface area contributed by atoms with Gasteiger partial charge in [-0.15, -0.1) is 12.4 Å². The molecule has 0 bridgehead atoms. The fourth-order valence-electron chi connectivity index (χ4n) is 1.73. The van der Waals surface area contributed by atoms with Crippen molar-refractivity contribution in [2.24, 2.45) is 5.73 Å². The average molecular weight is 300 g/mol. The maximum Gasteiger partial charge on any atom is 0.241 e. The van der Waals surface area contributed by atoms with E-state index in [1.807, 2.05) is 26.0 Å². The molecule has 112 valence electrons. The van der Waals surface area contributed by atoms with Gasteiger partial charge in [0.25, 0.3) is 0 Å². The molecule has 0 heterocycles. The van der Waals surface area contributed by atoms with Crippen LogP contribution >= 0.6 is 12.4 Å². The van der Waals surface area contributed by atoms with Gasteiger partial charge in [-0.1, -0.05) is 19.4 Å². The summed E-state index contributed by atoms with van der Waals surface area (Å²) in [4.78, 5) is 23.0. The molecule has 0 fully saturated rings. The van der Waals surface area contributed by atoms with Crippen molar-refractivity contribution in [1.82, 2.24) is 0 Å². The third-order valence-corrected chi connectivity index (χ3v) is 2.68. The molecular weight excluding hydrogens is 278 g/mol. The van der Waals surface area contributed by atoms with E-state index in [1.165, 1.54) is 6.92 Å². The molecule has 0 aliphatic heterocycles. The normalized spacial score (nSPS) is 11.2. The molecule has 1 aromatic rings. The van der Waals surface area contributed by atoms with Crippen molar-refractivity contribution in [2.45, 2.75) is 39.7 Å². The Balaban J connectivity index is 0.00000361. The Morgan fingerprint density at radius 3 is 2.45 bits per heavy atom. The molecule has 20 heavy (non-hydrogen) atoms. The van der Waals surface area contributed by atoms with Crippen LogP contribution in [0.5, 0.6) is 0 Å². The zero-order valence-electron chi connectivity index (χ0n) is 12.0. The number of nitrogens with two attached hydrogens (primary N) is 1. The van der Waals surface area contributed by atoms with E-state index in [9.17, 15) is 9.59 Å². The molecule has 0 spiro atoms. The first-order valence-corrected chi connectivity index (χ1v) is 6.38. The van der Waals surface area contributed by atoms with Gasteiger partial charge in [-0.05, 0) is 31.0 Å². The van der Waals surface area contributed by atoms with Crippen LogP contribution in [-0.2, 0) is 9.59 Å². The maximum absolute atomic E-state index is 11.9. The van der Waals surface area contributed by atoms with Crippen molar-refractivity contribution in [2.75, 3.05) is 10.6 Å². The Morgan fingerprint density at radius 2 is 1.90 bits per heavy atom. The summed E-state index contributed by atoms with van der Waals surface area (Å²) < 4.78 is 0. The standard InChI is InChI=1S/C14H21N3O2.ClH/c1-4-5-11(15)14(19)17-13-8-9(2)6-7-12(13)16-10(3)18;/h6-8,11H,4-5,15H2,1-3H3,(H,16,18)(H,17,19);1H. The zero-order valence-corrected chi connectivity index (χ0v) is 12.8. The van der Waals surface area contributed by atoms with Crippen molar-refractivity contribution in [3.8, 4) is 0 Å². The first kappa shape index (κ1) is 18.4. The lowest BCUT2D eigenvalue weighted by atomic mass is 10.1. The highest BCUT2D eigenvalue weighted by atomic mass is 35.5. The molecule has 1 aromatic carbocycles. The van der Waals surface area contributed by atoms with Gasteiger partial charge >= 0.3 is 0 Å². The van der Waals surface area contributed by atoms with Gasteiger partial charge < -0.3 is 16.4 Å². The van der Waals surface area contributed by atoms with Gasteiger partial charge in [0.15, 0.2) is 0 Å². The lowest BCUT2D eigenvalue weighted by Crippen LogP contribution is -2.35. The van der Waals surface area contributed by atoms with Crippen LogP contribution in [0.15, 0.2) is 18.2 Å². The second-order valence-electron chi connectivity index (χ2n) is 4.61. The monoisotopic (exact) mass is 299 g/mol. The number of nitrogens with one attached hydrogen (secondary N) is 2. The lowest BCUT2D eigenvalue weighted by molar-refractivity contribution is -0.117. The molecule has 0 aromatic heterocycles. The first-order chi connectivity index (χ1) is 8.93. The zero-order chi connectivity index (χ0) is 14.4. The van der Waals surface area contributed by atoms with Gasteiger partial charge in [0.1, 0.15) is 0 Å². The minimum atomic E-state index is -0.532. The molecule has 5 nitrogen and oxygen atoms in total. The van der Waals surface area contributed by atoms with Crippen molar-refractivity contribution in [1.29, 1.82) is 0 Å². The number of anilines is 2. The highest BCUT2D eigenvalue weighted by molar-refractivity contribution is 6.00. The van der Waals surface area contributed by atoms with E-state index in [1.54, 1.807) is 6.07 Å². The molecule has 0 radical (unpaired) electrons. The first-order valence-electron chi connectivity index (χ1n) is 6.38. The number of hydrogen-bond acceptors (Lipinski definition) is 3. The SMILES string of the molecule is CCCC(N)C(=O)Nc1cc(C)ccc1NC(C)=O.Cl. The van der Waals surface area contributed by atoms with Crippen LogP contribution in [0.1, 0.15) is 32.3 Å². The number of carbonyl (C=O) groups is 2. The number of aryl methyl sites for hydroxylation is 1. The van der Waals surface area contributed by atoms with Crippen LogP contribution in [0.3, 0.4) is 0 Å². The van der Waals surface area contributed by atoms with Crippen molar-refractivity contribution < 1.29 is 9.59 Å². The molecule has 0 saturated carbocycles. The molecule has 0 saturated heterocycles. The van der Waals surface area contributed by atoms with E-state index in [4.69, 9.17) is 5.73 Å². The number of amides is 2. The van der Waals surface area contributed by atoms with Gasteiger partial charge in [-0.25, -0.2) is 0 Å². The number of halogens is 1. The van der Waals surface area contributed by atoms with Crippen LogP contribution in [0.4, 0.5) is 11.4 Å². The Morgan fingerprint density at radius 1 is 1.25 bits per heavy atom. The van der Waals surface area contributed by atoms with E-state index in [0.717, 1.165) is 12.0 Å². The Kier molecular flexibility index (Phi) is 7.87. The predicted octanol–water partition coefficient (Wildman–Crippen LogP) is 2.44. The smallest absolute Gasteiger partial charge is 0.241 e. The topological polar surface area (TPSA) is 84.2 Å². The van der Waals surface area contributed by atoms with Gasteiger partial charge in [0.05, 0.1) is 17.4 Å². The van der Waals surface area contributed by atoms with Gasteiger partial charge in [0.2, 0.25) is 11.8 Å². The van der Waals surface area contributed by atoms with Crippen LogP contribution in [0.25, 0.3) is 0 Å². The quantitative estimate of drug-likeness (QED) is 0.781. The fourth-order valence-corrected chi connectivity index (χ4v) is 1.73. The van der Waals surface area contributed by atoms with Crippen molar-refractivity contribution in [3.05, 3.63) is 23.8 Å². The lowest BCUT2D eigenvalue weighted by Gasteiger charge is -2.15. The molecule has 1 atom stereocenters. The van der Waals surface area contributed by atoms with E-state index < -0.39 is 6.04 Å². The molecule has 4 N–H and O–H groups in total. The highest BCUT2D eigenvalue weighted by Crippen LogP contribution is 2.23. The van der Waals surface area contributed by atoms with Gasteiger partial charge in [0, 0.05) is 6.92 Å². The summed E-state index contributed by atoms with van der Waals surface area (Å²) in [5.41, 5.74) is 7.91. The van der Waals surface area contributed by atoms with Crippen molar-refractivity contribution in [3.63, 3.8) is 0 Å². The summed E-state index contributed by atoms with van der Waals surface area (Å²) in [7, 11) is 0. The average Bonchev–Trinajstić information content (AvgIpc) is 2.32. The largest absolute Gasteiger partial charge is 0.325 e. The highest BCUT2D eigenvalue weighted by Gasteiger charge is 2.14. The summed E-state index contributed by atoms with van der Waals surface area (Å²) in [5, 5.41) is 5.45. The van der Waals surface area contributed by atoms with Crippen LogP contribution < -0.4 is 16.4 Å². The van der Waals surface area contributed by atoms with E-state index in [0.29, 0.717) is 17.8 Å². The van der Waals surface area contributed by atoms with Crippen LogP contribution in [-0.4, -0.2) is 17.9 Å². The Labute approximate surface area is 125 Å².